The maximum Gasteiger partial charge on any atom is 0.497 e. The van der Waals surface area contributed by atoms with E-state index in [0.717, 1.165) is 12.1 Å². The molecule has 0 spiro atoms. The molecule has 1 saturated heterocycles. The van der Waals surface area contributed by atoms with Gasteiger partial charge in [0, 0.05) is 17.6 Å². The van der Waals surface area contributed by atoms with Crippen molar-refractivity contribution in [1.82, 2.24) is 4.98 Å². The number of rotatable bonds is 3. The van der Waals surface area contributed by atoms with Crippen LogP contribution in [-0.4, -0.2) is 23.3 Å². The van der Waals surface area contributed by atoms with Gasteiger partial charge in [0.25, 0.3) is 5.95 Å². The van der Waals surface area contributed by atoms with Crippen molar-refractivity contribution in [2.45, 2.75) is 38.9 Å². The van der Waals surface area contributed by atoms with Gasteiger partial charge in [-0.05, 0) is 33.8 Å². The molecule has 0 saturated carbocycles. The summed E-state index contributed by atoms with van der Waals surface area (Å²) in [6.45, 7) is 7.11. The van der Waals surface area contributed by atoms with Crippen LogP contribution in [0.3, 0.4) is 0 Å². The molecule has 3 rings (SSSR count). The highest BCUT2D eigenvalue weighted by atomic mass is 19.1. The van der Waals surface area contributed by atoms with Gasteiger partial charge in [-0.15, -0.1) is 0 Å². The van der Waals surface area contributed by atoms with E-state index in [1.165, 1.54) is 0 Å². The molecular formula is C17H16BF4NO3. The van der Waals surface area contributed by atoms with Crippen molar-refractivity contribution in [2.75, 3.05) is 0 Å². The number of pyridine rings is 1. The number of ether oxygens (including phenoxy) is 1. The molecule has 0 atom stereocenters. The second-order valence-corrected chi connectivity index (χ2v) is 6.94. The van der Waals surface area contributed by atoms with Gasteiger partial charge in [-0.25, -0.2) is 18.2 Å². The average Bonchev–Trinajstić information content (AvgIpc) is 2.74. The molecule has 0 radical (unpaired) electrons. The smallest absolute Gasteiger partial charge is 0.449 e. The van der Waals surface area contributed by atoms with Crippen LogP contribution in [0.1, 0.15) is 27.7 Å². The first-order valence-corrected chi connectivity index (χ1v) is 7.84. The molecule has 2 heterocycles. The number of hydrogen-bond donors (Lipinski definition) is 0. The van der Waals surface area contributed by atoms with Crippen molar-refractivity contribution < 1.29 is 31.6 Å². The summed E-state index contributed by atoms with van der Waals surface area (Å²) in [7, 11) is -1.11. The summed E-state index contributed by atoms with van der Waals surface area (Å²) < 4.78 is 71.8. The molecule has 0 N–H and O–H groups in total. The van der Waals surface area contributed by atoms with Crippen molar-refractivity contribution in [1.29, 1.82) is 0 Å². The molecule has 1 aliphatic rings. The lowest BCUT2D eigenvalue weighted by Crippen LogP contribution is -2.41. The van der Waals surface area contributed by atoms with Gasteiger partial charge in [-0.1, -0.05) is 0 Å². The van der Waals surface area contributed by atoms with Crippen LogP contribution in [0.5, 0.6) is 11.5 Å². The van der Waals surface area contributed by atoms with E-state index in [1.807, 2.05) is 0 Å². The van der Waals surface area contributed by atoms with Crippen molar-refractivity contribution >= 4 is 12.6 Å². The first kappa shape index (κ1) is 18.7. The van der Waals surface area contributed by atoms with Crippen molar-refractivity contribution in [2.24, 2.45) is 0 Å². The van der Waals surface area contributed by atoms with Gasteiger partial charge in [0.15, 0.2) is 17.3 Å². The highest BCUT2D eigenvalue weighted by Crippen LogP contribution is 2.37. The lowest BCUT2D eigenvalue weighted by atomic mass is 9.78. The van der Waals surface area contributed by atoms with Crippen LogP contribution >= 0.6 is 0 Å². The molecule has 1 aromatic heterocycles. The lowest BCUT2D eigenvalue weighted by molar-refractivity contribution is 0.00578. The zero-order chi connectivity index (χ0) is 19.3. The fraction of sp³-hybridized carbons (Fsp3) is 0.353. The molecule has 4 nitrogen and oxygen atoms in total. The molecule has 2 aromatic rings. The third-order valence-electron chi connectivity index (χ3n) is 4.55. The minimum Gasteiger partial charge on any atom is -0.449 e. The maximum atomic E-state index is 14.5. The normalized spacial score (nSPS) is 18.2. The highest BCUT2D eigenvalue weighted by Gasteiger charge is 2.52. The van der Waals surface area contributed by atoms with Gasteiger partial charge in [0.2, 0.25) is 0 Å². The molecule has 1 fully saturated rings. The monoisotopic (exact) mass is 369 g/mol. The van der Waals surface area contributed by atoms with E-state index >= 15 is 0 Å². The number of aromatic nitrogens is 1. The first-order chi connectivity index (χ1) is 12.0. The Bertz CT molecular complexity index is 844. The Morgan fingerprint density at radius 3 is 2.12 bits per heavy atom. The van der Waals surface area contributed by atoms with Crippen LogP contribution in [-0.2, 0) is 9.31 Å². The predicted molar refractivity (Wildman–Crippen MR) is 86.3 cm³/mol. The molecule has 0 aliphatic carbocycles. The summed E-state index contributed by atoms with van der Waals surface area (Å²) >= 11 is 0. The van der Waals surface area contributed by atoms with Gasteiger partial charge < -0.3 is 14.0 Å². The Hall–Kier alpha value is -2.13. The fourth-order valence-electron chi connectivity index (χ4n) is 2.37. The predicted octanol–water partition coefficient (Wildman–Crippen LogP) is 3.73. The lowest BCUT2D eigenvalue weighted by Gasteiger charge is -2.32. The number of benzene rings is 1. The summed E-state index contributed by atoms with van der Waals surface area (Å²) in [4.78, 5) is 3.12. The van der Waals surface area contributed by atoms with Crippen LogP contribution in [0.25, 0.3) is 0 Å². The van der Waals surface area contributed by atoms with Gasteiger partial charge in [-0.2, -0.15) is 4.39 Å². The standard InChI is InChI=1S/C17H16BF4NO3/c1-16(2)17(3,4)26-18(25-16)10-6-12(21)13(7-11(10)20)24-14-5-9(19)8-23-15(14)22/h5-8H,1-4H3. The van der Waals surface area contributed by atoms with Crippen LogP contribution in [0.4, 0.5) is 17.6 Å². The fourth-order valence-corrected chi connectivity index (χ4v) is 2.37. The summed E-state index contributed by atoms with van der Waals surface area (Å²) in [6.07, 6.45) is 0.639. The van der Waals surface area contributed by atoms with E-state index in [1.54, 1.807) is 27.7 Å². The Labute approximate surface area is 148 Å². The first-order valence-electron chi connectivity index (χ1n) is 7.84. The zero-order valence-electron chi connectivity index (χ0n) is 14.6. The average molecular weight is 369 g/mol. The minimum absolute atomic E-state index is 0.161. The largest absolute Gasteiger partial charge is 0.497 e. The molecule has 0 bridgehead atoms. The molecule has 138 valence electrons. The summed E-state index contributed by atoms with van der Waals surface area (Å²) in [5.74, 6) is -5.16. The third-order valence-corrected chi connectivity index (χ3v) is 4.55. The summed E-state index contributed by atoms with van der Waals surface area (Å²) in [5, 5.41) is 0. The summed E-state index contributed by atoms with van der Waals surface area (Å²) in [5.41, 5.74) is -1.62. The topological polar surface area (TPSA) is 40.6 Å². The van der Waals surface area contributed by atoms with Crippen LogP contribution in [0.2, 0.25) is 0 Å². The molecule has 1 aliphatic heterocycles. The highest BCUT2D eigenvalue weighted by molar-refractivity contribution is 6.62. The van der Waals surface area contributed by atoms with E-state index < -0.39 is 53.2 Å². The molecule has 0 amide bonds. The van der Waals surface area contributed by atoms with E-state index in [-0.39, 0.29) is 5.46 Å². The minimum atomic E-state index is -1.15. The third kappa shape index (κ3) is 3.28. The zero-order valence-corrected chi connectivity index (χ0v) is 14.6. The van der Waals surface area contributed by atoms with Crippen molar-refractivity contribution in [3.8, 4) is 11.5 Å². The van der Waals surface area contributed by atoms with E-state index in [2.05, 4.69) is 4.98 Å². The SMILES string of the molecule is CC1(C)OB(c2cc(F)c(Oc3cc(F)cnc3F)cc2F)OC1(C)C. The molecular weight excluding hydrogens is 353 g/mol. The van der Waals surface area contributed by atoms with Crippen LogP contribution in [0.15, 0.2) is 24.4 Å². The van der Waals surface area contributed by atoms with Crippen molar-refractivity contribution in [3.63, 3.8) is 0 Å². The van der Waals surface area contributed by atoms with Gasteiger partial charge >= 0.3 is 7.12 Å². The van der Waals surface area contributed by atoms with Crippen LogP contribution < -0.4 is 10.2 Å². The van der Waals surface area contributed by atoms with E-state index in [4.69, 9.17) is 14.0 Å². The van der Waals surface area contributed by atoms with Crippen LogP contribution in [0, 0.1) is 23.4 Å². The van der Waals surface area contributed by atoms with Gasteiger partial charge in [-0.3, -0.25) is 0 Å². The van der Waals surface area contributed by atoms with E-state index in [9.17, 15) is 17.6 Å². The Kier molecular flexibility index (Phi) is 4.48. The summed E-state index contributed by atoms with van der Waals surface area (Å²) in [6, 6.07) is 2.25. The Balaban J connectivity index is 1.91. The maximum absolute atomic E-state index is 14.5. The second-order valence-electron chi connectivity index (χ2n) is 6.94. The molecule has 9 heteroatoms. The Morgan fingerprint density at radius 1 is 0.885 bits per heavy atom. The van der Waals surface area contributed by atoms with E-state index in [0.29, 0.717) is 12.3 Å². The number of halogens is 4. The number of hydrogen-bond acceptors (Lipinski definition) is 4. The molecule has 26 heavy (non-hydrogen) atoms. The molecule has 0 unspecified atom stereocenters. The van der Waals surface area contributed by atoms with Gasteiger partial charge in [0.1, 0.15) is 11.6 Å². The van der Waals surface area contributed by atoms with Crippen molar-refractivity contribution in [3.05, 3.63) is 47.8 Å². The second kappa shape index (κ2) is 6.24. The Morgan fingerprint density at radius 2 is 1.50 bits per heavy atom. The van der Waals surface area contributed by atoms with Gasteiger partial charge in [0.05, 0.1) is 17.4 Å². The number of nitrogens with zero attached hydrogens (tertiary/aromatic N) is 1. The molecule has 1 aromatic carbocycles. The quantitative estimate of drug-likeness (QED) is 0.470.